The number of aliphatic hydroxyl groups is 1. The number of hydrogen-bond donors (Lipinski definition) is 1. The maximum Gasteiger partial charge on any atom is 1.00 e. The van der Waals surface area contributed by atoms with Crippen LogP contribution in [0.5, 0.6) is 0 Å². The van der Waals surface area contributed by atoms with Gasteiger partial charge >= 0.3 is 71.1 Å². The Morgan fingerprint density at radius 3 is 1.54 bits per heavy atom. The van der Waals surface area contributed by atoms with Crippen molar-refractivity contribution < 1.29 is 135 Å². The van der Waals surface area contributed by atoms with E-state index in [4.69, 9.17) is 18.9 Å². The summed E-state index contributed by atoms with van der Waals surface area (Å²) in [6.45, 7) is 2.93. The number of aliphatic carboxylic acids is 1. The van der Waals surface area contributed by atoms with Gasteiger partial charge in [0.2, 0.25) is 0 Å². The van der Waals surface area contributed by atoms with Crippen molar-refractivity contribution in [2.45, 2.75) is 134 Å². The summed E-state index contributed by atoms with van der Waals surface area (Å²) in [7, 11) is -3.68. The van der Waals surface area contributed by atoms with Crippen LogP contribution in [0.15, 0.2) is 0 Å². The van der Waals surface area contributed by atoms with Gasteiger partial charge in [0.05, 0.1) is 41.2 Å². The van der Waals surface area contributed by atoms with Crippen molar-refractivity contribution in [1.82, 2.24) is 0 Å². The predicted octanol–water partition coefficient (Wildman–Crippen LogP) is -4.19. The summed E-state index contributed by atoms with van der Waals surface area (Å²) in [6, 6.07) is 0. The molecule has 0 spiro atoms. The third-order valence-electron chi connectivity index (χ3n) is 5.48. The zero-order valence-electron chi connectivity index (χ0n) is 25.9. The van der Waals surface area contributed by atoms with Gasteiger partial charge in [0.15, 0.2) is 12.2 Å². The van der Waals surface area contributed by atoms with Crippen molar-refractivity contribution in [2.75, 3.05) is 32.7 Å². The van der Waals surface area contributed by atoms with Crippen LogP contribution in [0.4, 0.5) is 0 Å². The number of aliphatic hydroxyl groups excluding tert-OH is 1. The van der Waals surface area contributed by atoms with E-state index < -0.39 is 114 Å². The van der Waals surface area contributed by atoms with Crippen LogP contribution in [0.1, 0.15) is 104 Å². The van der Waals surface area contributed by atoms with Crippen LogP contribution < -0.4 is 64.2 Å². The summed E-state index contributed by atoms with van der Waals surface area (Å²) in [5.41, 5.74) is 0. The number of ether oxygens (including phenoxy) is 5. The first-order chi connectivity index (χ1) is 19.5. The number of carboxylic acid groups (broad SMARTS) is 1. The standard InChI is InChI=1S/C25H40O16S.6CH4.2Na/c1-5-16(3)41-25(33)22(39-9-6-17(27)11-20(37-4)23(30)31)12-18(28)7-8-38-21(10-15(2)26)24(32)40-13-19(29)14-42(34,35)36;;;;;;;;/h16,19-22,29H,5-14H2,1-4H3,(H,30,31)(H,34,35,36);6*1H4;;/q;;;;;;;2*+1/p-2. The molecule has 0 aliphatic rings. The summed E-state index contributed by atoms with van der Waals surface area (Å²) < 4.78 is 57.3. The monoisotopic (exact) mass is 768 g/mol. The number of Topliss-reactive ketones (excluding diaryl/α,β-unsaturated/α-hetero) is 3. The molecule has 0 bridgehead atoms. The molecule has 5 atom stereocenters. The van der Waals surface area contributed by atoms with E-state index in [0.717, 1.165) is 14.0 Å². The molecule has 0 aromatic heterocycles. The van der Waals surface area contributed by atoms with E-state index in [2.05, 4.69) is 4.74 Å². The minimum absolute atomic E-state index is 0. The molecule has 0 radical (unpaired) electrons. The molecule has 290 valence electrons. The second kappa shape index (κ2) is 37.9. The van der Waals surface area contributed by atoms with E-state index in [1.54, 1.807) is 13.8 Å². The number of carbonyl (C=O) groups excluding carboxylic acids is 6. The molecule has 19 heteroatoms. The Hall–Kier alpha value is -0.830. The summed E-state index contributed by atoms with van der Waals surface area (Å²) in [4.78, 5) is 71.8. The molecule has 0 aromatic rings. The smallest absolute Gasteiger partial charge is 0.748 e. The number of methoxy groups -OCH3 is 1. The number of hydrogen-bond acceptors (Lipinski definition) is 16. The molecular weight excluding hydrogens is 706 g/mol. The van der Waals surface area contributed by atoms with Crippen molar-refractivity contribution in [3.05, 3.63) is 0 Å². The Morgan fingerprint density at radius 2 is 1.18 bits per heavy atom. The van der Waals surface area contributed by atoms with Crippen LogP contribution in [-0.2, 0) is 62.6 Å². The number of carboxylic acids is 1. The molecule has 0 aromatic carbocycles. The Balaban J connectivity index is -0.000000300. The first-order valence-electron chi connectivity index (χ1n) is 13.0. The van der Waals surface area contributed by atoms with Gasteiger partial charge in [-0.1, -0.05) is 51.5 Å². The molecule has 0 aliphatic carbocycles. The Morgan fingerprint density at radius 1 is 0.760 bits per heavy atom. The molecule has 0 saturated heterocycles. The van der Waals surface area contributed by atoms with E-state index in [9.17, 15) is 52.0 Å². The van der Waals surface area contributed by atoms with Crippen LogP contribution in [0.2, 0.25) is 0 Å². The average molecular weight is 769 g/mol. The second-order valence-corrected chi connectivity index (χ2v) is 10.8. The summed E-state index contributed by atoms with van der Waals surface area (Å²) >= 11 is 0. The maximum absolute atomic E-state index is 12.6. The van der Waals surface area contributed by atoms with E-state index in [1.165, 1.54) is 0 Å². The van der Waals surface area contributed by atoms with Crippen molar-refractivity contribution in [3.8, 4) is 0 Å². The summed E-state index contributed by atoms with van der Waals surface area (Å²) in [6.07, 6.45) is -8.28. The fourth-order valence-electron chi connectivity index (χ4n) is 3.10. The maximum atomic E-state index is 12.6. The minimum atomic E-state index is -4.78. The van der Waals surface area contributed by atoms with E-state index in [0.29, 0.717) is 6.42 Å². The minimum Gasteiger partial charge on any atom is -0.748 e. The van der Waals surface area contributed by atoms with Crippen molar-refractivity contribution in [1.29, 1.82) is 0 Å². The molecule has 1 N–H and O–H groups in total. The van der Waals surface area contributed by atoms with Crippen LogP contribution in [0.25, 0.3) is 0 Å². The van der Waals surface area contributed by atoms with Crippen LogP contribution >= 0.6 is 0 Å². The number of ketones is 3. The largest absolute Gasteiger partial charge is 1.00 e. The molecule has 0 amide bonds. The van der Waals surface area contributed by atoms with Gasteiger partial charge in [0.1, 0.15) is 36.2 Å². The SMILES string of the molecule is C.C.C.C.C.C.CCC(C)OC(=O)C(CC(=O)CCOC(CC(C)=O)C(=O)OCC(O)CS(=O)(=O)[O-])OCCC(=O)CC(OC)C(=O)[O-].[Na+].[Na+]. The van der Waals surface area contributed by atoms with E-state index in [1.807, 2.05) is 0 Å². The topological polar surface area (TPSA) is 249 Å². The Bertz CT molecular complexity index is 1040. The molecule has 16 nitrogen and oxygen atoms in total. The first-order valence-corrected chi connectivity index (χ1v) is 14.5. The van der Waals surface area contributed by atoms with Crippen LogP contribution in [0, 0.1) is 0 Å². The van der Waals surface area contributed by atoms with Crippen molar-refractivity contribution in [3.63, 3.8) is 0 Å². The fraction of sp³-hybridized carbons (Fsp3) is 0.806. The summed E-state index contributed by atoms with van der Waals surface area (Å²) in [5.74, 6) is -6.39. The Kier molecular flexibility index (Phi) is 53.6. The van der Waals surface area contributed by atoms with Gasteiger partial charge in [-0.15, -0.1) is 0 Å². The van der Waals surface area contributed by atoms with Gasteiger partial charge in [-0.3, -0.25) is 14.4 Å². The molecule has 0 aliphatic heterocycles. The second-order valence-electron chi connectivity index (χ2n) is 9.32. The third-order valence-corrected chi connectivity index (χ3v) is 6.27. The predicted molar refractivity (Wildman–Crippen MR) is 177 cm³/mol. The van der Waals surface area contributed by atoms with Gasteiger partial charge in [0, 0.05) is 39.2 Å². The van der Waals surface area contributed by atoms with Crippen molar-refractivity contribution in [2.24, 2.45) is 0 Å². The summed E-state index contributed by atoms with van der Waals surface area (Å²) in [5, 5.41) is 20.4. The molecule has 0 rings (SSSR count). The van der Waals surface area contributed by atoms with Gasteiger partial charge in [-0.2, -0.15) is 0 Å². The number of carbonyl (C=O) groups is 6. The molecule has 50 heavy (non-hydrogen) atoms. The zero-order chi connectivity index (χ0) is 32.5. The normalized spacial score (nSPS) is 12.7. The number of rotatable bonds is 24. The molecule has 0 heterocycles. The van der Waals surface area contributed by atoms with Crippen molar-refractivity contribution >= 4 is 45.4 Å². The van der Waals surface area contributed by atoms with E-state index in [-0.39, 0.29) is 123 Å². The number of esters is 2. The molecular formula is C31H62Na2O16S. The third kappa shape index (κ3) is 35.6. The average Bonchev–Trinajstić information content (AvgIpc) is 2.87. The molecule has 0 saturated carbocycles. The zero-order valence-corrected chi connectivity index (χ0v) is 30.8. The van der Waals surface area contributed by atoms with E-state index >= 15 is 0 Å². The fourth-order valence-corrected chi connectivity index (χ4v) is 3.67. The van der Waals surface area contributed by atoms with Crippen LogP contribution in [-0.4, -0.2) is 117 Å². The van der Waals surface area contributed by atoms with Gasteiger partial charge in [-0.25, -0.2) is 18.0 Å². The van der Waals surface area contributed by atoms with Gasteiger partial charge < -0.3 is 43.2 Å². The van der Waals surface area contributed by atoms with Gasteiger partial charge in [0.25, 0.3) is 0 Å². The Labute approximate surface area is 344 Å². The van der Waals surface area contributed by atoms with Gasteiger partial charge in [-0.05, 0) is 20.3 Å². The molecule has 0 fully saturated rings. The first kappa shape index (κ1) is 70.7. The van der Waals surface area contributed by atoms with Crippen LogP contribution in [0.3, 0.4) is 0 Å². The quantitative estimate of drug-likeness (QED) is 0.0556. The molecule has 5 unspecified atom stereocenters.